The van der Waals surface area contributed by atoms with Crippen molar-refractivity contribution in [1.82, 2.24) is 9.97 Å². The fraction of sp³-hybridized carbons (Fsp3) is 0.143. The number of H-pyrrole nitrogens is 1. The number of methoxy groups -OCH3 is 1. The number of ketones is 1. The van der Waals surface area contributed by atoms with Crippen molar-refractivity contribution in [3.63, 3.8) is 0 Å². The number of amides is 1. The van der Waals surface area contributed by atoms with Gasteiger partial charge >= 0.3 is 11.9 Å². The number of anilines is 1. The van der Waals surface area contributed by atoms with E-state index in [-0.39, 0.29) is 28.6 Å². The SMILES string of the molecule is COc1cc(C)c(/C(O)=C2\C(=O)C(=O)N(c3nc4ccc(C(=O)O)cc4[nH]3)C2c2ccc(O)cc2)cc1C. The number of rotatable bonds is 5. The first-order valence-electron chi connectivity index (χ1n) is 11.6. The molecule has 1 atom stereocenters. The zero-order valence-electron chi connectivity index (χ0n) is 20.6. The maximum atomic E-state index is 13.4. The number of hydrogen-bond donors (Lipinski definition) is 4. The molecule has 0 radical (unpaired) electrons. The molecular formula is C28H23N3O7. The Morgan fingerprint density at radius 1 is 1.00 bits per heavy atom. The number of carboxylic acid groups (broad SMARTS) is 1. The summed E-state index contributed by atoms with van der Waals surface area (Å²) in [6, 6.07) is 12.5. The van der Waals surface area contributed by atoms with Crippen molar-refractivity contribution in [3.05, 3.63) is 88.0 Å². The van der Waals surface area contributed by atoms with Gasteiger partial charge in [0.05, 0.1) is 35.3 Å². The summed E-state index contributed by atoms with van der Waals surface area (Å²) in [6.45, 7) is 3.55. The summed E-state index contributed by atoms with van der Waals surface area (Å²) in [6.07, 6.45) is 0. The van der Waals surface area contributed by atoms with E-state index in [0.29, 0.717) is 33.5 Å². The van der Waals surface area contributed by atoms with Crippen LogP contribution in [0.15, 0.2) is 60.2 Å². The predicted molar refractivity (Wildman–Crippen MR) is 138 cm³/mol. The number of carboxylic acids is 1. The van der Waals surface area contributed by atoms with E-state index in [1.54, 1.807) is 38.1 Å². The number of phenolic OH excluding ortho intramolecular Hbond substituents is 1. The molecule has 1 fully saturated rings. The summed E-state index contributed by atoms with van der Waals surface area (Å²) in [4.78, 5) is 46.7. The second-order valence-corrected chi connectivity index (χ2v) is 8.99. The Kier molecular flexibility index (Phi) is 5.87. The van der Waals surface area contributed by atoms with Crippen LogP contribution in [0.3, 0.4) is 0 Å². The van der Waals surface area contributed by atoms with Crippen LogP contribution in [-0.2, 0) is 9.59 Å². The molecule has 1 aliphatic heterocycles. The van der Waals surface area contributed by atoms with Gasteiger partial charge in [0.15, 0.2) is 0 Å². The molecule has 0 spiro atoms. The van der Waals surface area contributed by atoms with Crippen LogP contribution in [0.4, 0.5) is 5.95 Å². The van der Waals surface area contributed by atoms with Gasteiger partial charge in [-0.15, -0.1) is 0 Å². The quantitative estimate of drug-likeness (QED) is 0.176. The van der Waals surface area contributed by atoms with Gasteiger partial charge in [0.2, 0.25) is 5.95 Å². The normalized spacial score (nSPS) is 16.8. The van der Waals surface area contributed by atoms with E-state index in [2.05, 4.69) is 9.97 Å². The third kappa shape index (κ3) is 3.92. The molecule has 3 aromatic carbocycles. The lowest BCUT2D eigenvalue weighted by atomic mass is 9.93. The van der Waals surface area contributed by atoms with E-state index >= 15 is 0 Å². The molecule has 0 saturated carbocycles. The molecule has 4 N–H and O–H groups in total. The number of aliphatic hydroxyl groups excluding tert-OH is 1. The lowest BCUT2D eigenvalue weighted by Crippen LogP contribution is -2.30. The number of Topliss-reactive ketones (excluding diaryl/α,β-unsaturated/α-hetero) is 1. The van der Waals surface area contributed by atoms with Gasteiger partial charge in [-0.25, -0.2) is 9.78 Å². The second kappa shape index (κ2) is 9.07. The van der Waals surface area contributed by atoms with E-state index < -0.39 is 23.7 Å². The maximum Gasteiger partial charge on any atom is 0.335 e. The minimum Gasteiger partial charge on any atom is -0.508 e. The van der Waals surface area contributed by atoms with Gasteiger partial charge in [-0.3, -0.25) is 14.5 Å². The standard InChI is InChI=1S/C28H23N3O7/c1-13-11-21(38-3)14(2)10-18(13)24(33)22-23(15-4-7-17(32)8-5-15)31(26(35)25(22)34)28-29-19-9-6-16(27(36)37)12-20(19)30-28/h4-12,23,32-33H,1-3H3,(H,29,30)(H,36,37)/b24-22+. The summed E-state index contributed by atoms with van der Waals surface area (Å²) in [5.41, 5.74) is 2.77. The van der Waals surface area contributed by atoms with Gasteiger partial charge in [0.1, 0.15) is 17.3 Å². The number of nitrogens with zero attached hydrogens (tertiary/aromatic N) is 2. The highest BCUT2D eigenvalue weighted by Crippen LogP contribution is 2.43. The topological polar surface area (TPSA) is 153 Å². The Bertz CT molecular complexity index is 1670. The molecule has 0 bridgehead atoms. The van der Waals surface area contributed by atoms with Gasteiger partial charge < -0.3 is 25.0 Å². The summed E-state index contributed by atoms with van der Waals surface area (Å²) in [7, 11) is 1.53. The van der Waals surface area contributed by atoms with E-state index in [1.807, 2.05) is 0 Å². The maximum absolute atomic E-state index is 13.4. The molecule has 5 rings (SSSR count). The van der Waals surface area contributed by atoms with Crippen molar-refractivity contribution in [1.29, 1.82) is 0 Å². The fourth-order valence-corrected chi connectivity index (χ4v) is 4.68. The third-order valence-electron chi connectivity index (χ3n) is 6.59. The Labute approximate surface area is 216 Å². The molecule has 4 aromatic rings. The van der Waals surface area contributed by atoms with E-state index in [9.17, 15) is 29.7 Å². The van der Waals surface area contributed by atoms with Gasteiger partial charge in [0, 0.05) is 5.56 Å². The number of carbonyl (C=O) groups is 3. The minimum absolute atomic E-state index is 0.00407. The van der Waals surface area contributed by atoms with Crippen molar-refractivity contribution in [2.45, 2.75) is 19.9 Å². The van der Waals surface area contributed by atoms with Gasteiger partial charge in [-0.2, -0.15) is 0 Å². The number of phenols is 1. The Hall–Kier alpha value is -5.12. The van der Waals surface area contributed by atoms with Crippen LogP contribution in [0.25, 0.3) is 16.8 Å². The van der Waals surface area contributed by atoms with E-state index in [0.717, 1.165) is 10.5 Å². The van der Waals surface area contributed by atoms with Crippen LogP contribution in [0.5, 0.6) is 11.5 Å². The average molecular weight is 514 g/mol. The van der Waals surface area contributed by atoms with E-state index in [1.165, 1.54) is 37.4 Å². The monoisotopic (exact) mass is 513 g/mol. The largest absolute Gasteiger partial charge is 0.508 e. The van der Waals surface area contributed by atoms with Crippen LogP contribution in [0.2, 0.25) is 0 Å². The number of aliphatic hydroxyl groups is 1. The van der Waals surface area contributed by atoms with Crippen molar-refractivity contribution in [2.24, 2.45) is 0 Å². The van der Waals surface area contributed by atoms with Crippen LogP contribution >= 0.6 is 0 Å². The number of carbonyl (C=O) groups excluding carboxylic acids is 2. The molecule has 10 nitrogen and oxygen atoms in total. The van der Waals surface area contributed by atoms with Crippen molar-refractivity contribution in [2.75, 3.05) is 12.0 Å². The smallest absolute Gasteiger partial charge is 0.335 e. The van der Waals surface area contributed by atoms with Crippen molar-refractivity contribution in [3.8, 4) is 11.5 Å². The zero-order chi connectivity index (χ0) is 27.3. The number of aromatic amines is 1. The number of nitrogens with one attached hydrogen (secondary N) is 1. The van der Waals surface area contributed by atoms with Crippen LogP contribution in [0, 0.1) is 13.8 Å². The van der Waals surface area contributed by atoms with Crippen molar-refractivity contribution >= 4 is 40.4 Å². The van der Waals surface area contributed by atoms with Gasteiger partial charge in [-0.05, 0) is 73.0 Å². The fourth-order valence-electron chi connectivity index (χ4n) is 4.68. The number of fused-ring (bicyclic) bond motifs is 1. The molecule has 2 heterocycles. The number of imidazole rings is 1. The molecule has 1 aromatic heterocycles. The molecule has 0 aliphatic carbocycles. The highest BCUT2D eigenvalue weighted by Gasteiger charge is 2.48. The number of aryl methyl sites for hydroxylation is 2. The number of ether oxygens (including phenoxy) is 1. The van der Waals surface area contributed by atoms with Gasteiger partial charge in [0.25, 0.3) is 5.78 Å². The molecular weight excluding hydrogens is 490 g/mol. The Morgan fingerprint density at radius 3 is 2.37 bits per heavy atom. The highest BCUT2D eigenvalue weighted by atomic mass is 16.5. The Balaban J connectivity index is 1.73. The number of aromatic carboxylic acids is 1. The molecule has 192 valence electrons. The lowest BCUT2D eigenvalue weighted by Gasteiger charge is -2.23. The van der Waals surface area contributed by atoms with Crippen LogP contribution in [-0.4, -0.2) is 50.1 Å². The van der Waals surface area contributed by atoms with Gasteiger partial charge in [-0.1, -0.05) is 12.1 Å². The molecule has 1 unspecified atom stereocenters. The minimum atomic E-state index is -1.13. The summed E-state index contributed by atoms with van der Waals surface area (Å²) >= 11 is 0. The van der Waals surface area contributed by atoms with Crippen LogP contribution in [0.1, 0.15) is 38.7 Å². The number of aromatic hydroxyl groups is 1. The first kappa shape index (κ1) is 24.6. The molecule has 10 heteroatoms. The first-order valence-corrected chi connectivity index (χ1v) is 11.6. The first-order chi connectivity index (χ1) is 18.1. The van der Waals surface area contributed by atoms with E-state index in [4.69, 9.17) is 4.74 Å². The Morgan fingerprint density at radius 2 is 1.71 bits per heavy atom. The second-order valence-electron chi connectivity index (χ2n) is 8.99. The van der Waals surface area contributed by atoms with Crippen LogP contribution < -0.4 is 9.64 Å². The predicted octanol–water partition coefficient (Wildman–Crippen LogP) is 4.22. The summed E-state index contributed by atoms with van der Waals surface area (Å²) in [5.74, 6) is -2.74. The summed E-state index contributed by atoms with van der Waals surface area (Å²) in [5, 5.41) is 30.6. The molecule has 1 amide bonds. The molecule has 38 heavy (non-hydrogen) atoms. The zero-order valence-corrected chi connectivity index (χ0v) is 20.6. The summed E-state index contributed by atoms with van der Waals surface area (Å²) < 4.78 is 5.35. The molecule has 1 saturated heterocycles. The van der Waals surface area contributed by atoms with Crippen molar-refractivity contribution < 1.29 is 34.4 Å². The third-order valence-corrected chi connectivity index (χ3v) is 6.59. The average Bonchev–Trinajstić information content (AvgIpc) is 3.42. The molecule has 1 aliphatic rings. The number of aromatic nitrogens is 2. The lowest BCUT2D eigenvalue weighted by molar-refractivity contribution is -0.132. The highest BCUT2D eigenvalue weighted by molar-refractivity contribution is 6.51. The number of hydrogen-bond acceptors (Lipinski definition) is 7. The number of benzene rings is 3.